The van der Waals surface area contributed by atoms with Crippen LogP contribution in [-0.4, -0.2) is 46.2 Å². The van der Waals surface area contributed by atoms with E-state index in [-0.39, 0.29) is 53.5 Å². The molecule has 1 saturated carbocycles. The normalized spacial score (nSPS) is 34.3. The SMILES string of the molecule is C=CCCC(=O)C(O)[C@@H]1CCCCCCCCC[C@H](C)C(=O)N2C[C@H]3[C@@H]([C@H]2C(=O)C1)C3(C)C. The molecular formula is C28H45NO4. The highest BCUT2D eigenvalue weighted by Gasteiger charge is 2.69. The van der Waals surface area contributed by atoms with Gasteiger partial charge in [-0.3, -0.25) is 14.4 Å². The molecule has 0 aromatic carbocycles. The number of nitrogens with zero attached hydrogens (tertiary/aromatic N) is 1. The number of hydrogen-bond donors (Lipinski definition) is 1. The zero-order chi connectivity index (χ0) is 24.2. The average Bonchev–Trinajstić information content (AvgIpc) is 3.12. The summed E-state index contributed by atoms with van der Waals surface area (Å²) >= 11 is 0. The molecule has 0 aromatic rings. The highest BCUT2D eigenvalue weighted by molar-refractivity contribution is 5.92. The lowest BCUT2D eigenvalue weighted by atomic mass is 9.84. The number of rotatable bonds is 5. The van der Waals surface area contributed by atoms with Crippen molar-refractivity contribution in [3.05, 3.63) is 12.7 Å². The number of carbonyl (C=O) groups excluding carboxylic acids is 3. The molecule has 2 saturated heterocycles. The zero-order valence-electron chi connectivity index (χ0n) is 21.1. The third-order valence-electron chi connectivity index (χ3n) is 8.79. The van der Waals surface area contributed by atoms with E-state index in [0.29, 0.717) is 25.3 Å². The van der Waals surface area contributed by atoms with Crippen LogP contribution in [-0.2, 0) is 14.4 Å². The first-order chi connectivity index (χ1) is 15.7. The molecule has 0 radical (unpaired) electrons. The van der Waals surface area contributed by atoms with Gasteiger partial charge in [0.05, 0.1) is 6.04 Å². The van der Waals surface area contributed by atoms with Gasteiger partial charge in [0.1, 0.15) is 6.10 Å². The van der Waals surface area contributed by atoms with Gasteiger partial charge < -0.3 is 10.0 Å². The van der Waals surface area contributed by atoms with Crippen molar-refractivity contribution in [3.63, 3.8) is 0 Å². The summed E-state index contributed by atoms with van der Waals surface area (Å²) in [6.07, 6.45) is 10.9. The maximum Gasteiger partial charge on any atom is 0.226 e. The van der Waals surface area contributed by atoms with Gasteiger partial charge in [-0.25, -0.2) is 0 Å². The van der Waals surface area contributed by atoms with Crippen molar-refractivity contribution in [2.45, 2.75) is 110 Å². The molecule has 5 heteroatoms. The zero-order valence-corrected chi connectivity index (χ0v) is 21.1. The molecule has 1 unspecified atom stereocenters. The largest absolute Gasteiger partial charge is 0.385 e. The Morgan fingerprint density at radius 2 is 1.73 bits per heavy atom. The van der Waals surface area contributed by atoms with Gasteiger partial charge in [0.2, 0.25) is 5.91 Å². The van der Waals surface area contributed by atoms with E-state index in [2.05, 4.69) is 20.4 Å². The number of aliphatic hydroxyl groups excluding tert-OH is 1. The van der Waals surface area contributed by atoms with Gasteiger partial charge in [0.25, 0.3) is 0 Å². The Balaban J connectivity index is 1.80. The summed E-state index contributed by atoms with van der Waals surface area (Å²) in [5, 5.41) is 10.9. The molecule has 1 N–H and O–H groups in total. The van der Waals surface area contributed by atoms with Crippen LogP contribution >= 0.6 is 0 Å². The second-order valence-electron chi connectivity index (χ2n) is 11.5. The second-order valence-corrected chi connectivity index (χ2v) is 11.5. The highest BCUT2D eigenvalue weighted by Crippen LogP contribution is 2.65. The molecule has 186 valence electrons. The first-order valence-corrected chi connectivity index (χ1v) is 13.3. The Bertz CT molecular complexity index is 729. The van der Waals surface area contributed by atoms with Crippen LogP contribution in [0.15, 0.2) is 12.7 Å². The molecule has 1 aliphatic carbocycles. The number of allylic oxidation sites excluding steroid dienone is 1. The fourth-order valence-corrected chi connectivity index (χ4v) is 6.44. The van der Waals surface area contributed by atoms with Gasteiger partial charge in [-0.05, 0) is 42.4 Å². The molecule has 3 fully saturated rings. The summed E-state index contributed by atoms with van der Waals surface area (Å²) in [7, 11) is 0. The van der Waals surface area contributed by atoms with Crippen LogP contribution < -0.4 is 0 Å². The minimum atomic E-state index is -1.11. The summed E-state index contributed by atoms with van der Waals surface area (Å²) < 4.78 is 0. The number of piperidine rings is 1. The maximum absolute atomic E-state index is 13.7. The Morgan fingerprint density at radius 1 is 1.12 bits per heavy atom. The van der Waals surface area contributed by atoms with E-state index in [1.165, 1.54) is 12.8 Å². The van der Waals surface area contributed by atoms with Crippen molar-refractivity contribution >= 4 is 17.5 Å². The Morgan fingerprint density at radius 3 is 2.36 bits per heavy atom. The van der Waals surface area contributed by atoms with E-state index in [9.17, 15) is 19.5 Å². The van der Waals surface area contributed by atoms with Crippen LogP contribution in [0.25, 0.3) is 0 Å². The molecule has 2 heterocycles. The molecule has 6 atom stereocenters. The molecule has 33 heavy (non-hydrogen) atoms. The molecule has 0 spiro atoms. The summed E-state index contributed by atoms with van der Waals surface area (Å²) in [6, 6.07) is -0.397. The van der Waals surface area contributed by atoms with Crippen molar-refractivity contribution in [2.24, 2.45) is 29.1 Å². The predicted octanol–water partition coefficient (Wildman–Crippen LogP) is 5.10. The van der Waals surface area contributed by atoms with Crippen LogP contribution in [0.3, 0.4) is 0 Å². The molecule has 1 amide bonds. The first-order valence-electron chi connectivity index (χ1n) is 13.3. The summed E-state index contributed by atoms with van der Waals surface area (Å²) in [5.41, 5.74) is 0.0784. The Hall–Kier alpha value is -1.49. The molecule has 2 aliphatic heterocycles. The van der Waals surface area contributed by atoms with E-state index in [0.717, 1.165) is 38.5 Å². The number of carbonyl (C=O) groups is 3. The predicted molar refractivity (Wildman–Crippen MR) is 131 cm³/mol. The lowest BCUT2D eigenvalue weighted by molar-refractivity contribution is -0.143. The van der Waals surface area contributed by atoms with Gasteiger partial charge in [0, 0.05) is 25.3 Å². The summed E-state index contributed by atoms with van der Waals surface area (Å²) in [6.45, 7) is 10.7. The van der Waals surface area contributed by atoms with Crippen molar-refractivity contribution in [2.75, 3.05) is 6.54 Å². The number of aliphatic hydroxyl groups is 1. The van der Waals surface area contributed by atoms with Gasteiger partial charge in [-0.2, -0.15) is 0 Å². The van der Waals surface area contributed by atoms with Crippen molar-refractivity contribution in [1.82, 2.24) is 4.90 Å². The van der Waals surface area contributed by atoms with E-state index in [1.807, 2.05) is 11.8 Å². The number of Topliss-reactive ketones (excluding diaryl/α,β-unsaturated/α-hetero) is 2. The molecule has 0 aromatic heterocycles. The maximum atomic E-state index is 13.7. The van der Waals surface area contributed by atoms with Crippen LogP contribution in [0.1, 0.15) is 97.8 Å². The smallest absolute Gasteiger partial charge is 0.226 e. The van der Waals surface area contributed by atoms with Crippen LogP contribution in [0, 0.1) is 29.1 Å². The lowest BCUT2D eigenvalue weighted by Gasteiger charge is -2.33. The van der Waals surface area contributed by atoms with Crippen LogP contribution in [0.4, 0.5) is 0 Å². The minimum Gasteiger partial charge on any atom is -0.385 e. The van der Waals surface area contributed by atoms with Crippen molar-refractivity contribution < 1.29 is 19.5 Å². The number of ketones is 2. The number of hydrogen-bond acceptors (Lipinski definition) is 4. The quantitative estimate of drug-likeness (QED) is 0.580. The number of amides is 1. The highest BCUT2D eigenvalue weighted by atomic mass is 16.3. The van der Waals surface area contributed by atoms with Crippen LogP contribution in [0.5, 0.6) is 0 Å². The van der Waals surface area contributed by atoms with Crippen molar-refractivity contribution in [1.29, 1.82) is 0 Å². The van der Waals surface area contributed by atoms with Gasteiger partial charge in [-0.15, -0.1) is 6.58 Å². The van der Waals surface area contributed by atoms with E-state index >= 15 is 0 Å². The summed E-state index contributed by atoms with van der Waals surface area (Å²) in [5.74, 6) is 0.119. The molecule has 3 aliphatic rings. The van der Waals surface area contributed by atoms with E-state index in [1.54, 1.807) is 6.08 Å². The Kier molecular flexibility index (Phi) is 8.94. The lowest BCUT2D eigenvalue weighted by Crippen LogP contribution is -2.48. The molecule has 0 bridgehead atoms. The van der Waals surface area contributed by atoms with Crippen molar-refractivity contribution in [3.8, 4) is 0 Å². The topological polar surface area (TPSA) is 74.7 Å². The standard InChI is InChI=1S/C28H45NO4/c1-5-6-16-22(30)26(32)20-15-13-11-9-7-8-10-12-14-19(2)27(33)29-18-21-24(28(21,3)4)25(29)23(31)17-20/h5,19-21,24-26,32H,1,6-18H2,2-4H3/t19-,20+,21-,24-,25+,26?/m0/s1. The third kappa shape index (κ3) is 5.96. The number of fused-ring (bicyclic) bond motifs is 3. The third-order valence-corrected chi connectivity index (χ3v) is 8.79. The average molecular weight is 460 g/mol. The Labute approximate surface area is 200 Å². The first kappa shape index (κ1) is 26.1. The second kappa shape index (κ2) is 11.3. The monoisotopic (exact) mass is 459 g/mol. The summed E-state index contributed by atoms with van der Waals surface area (Å²) in [4.78, 5) is 41.5. The van der Waals surface area contributed by atoms with Crippen LogP contribution in [0.2, 0.25) is 0 Å². The molecule has 5 nitrogen and oxygen atoms in total. The van der Waals surface area contributed by atoms with Gasteiger partial charge in [0.15, 0.2) is 11.6 Å². The molecular weight excluding hydrogens is 414 g/mol. The van der Waals surface area contributed by atoms with Gasteiger partial charge in [-0.1, -0.05) is 71.8 Å². The van der Waals surface area contributed by atoms with Gasteiger partial charge >= 0.3 is 0 Å². The molecule has 3 rings (SSSR count). The fourth-order valence-electron chi connectivity index (χ4n) is 6.44. The van der Waals surface area contributed by atoms with E-state index < -0.39 is 12.1 Å². The van der Waals surface area contributed by atoms with E-state index in [4.69, 9.17) is 0 Å². The fraction of sp³-hybridized carbons (Fsp3) is 0.821. The minimum absolute atomic E-state index is 0.0429.